The van der Waals surface area contributed by atoms with Crippen molar-refractivity contribution in [3.05, 3.63) is 46.9 Å². The number of amides is 1. The number of nitrogens with one attached hydrogen (secondary N) is 2. The summed E-state index contributed by atoms with van der Waals surface area (Å²) in [5.41, 5.74) is -1.04. The van der Waals surface area contributed by atoms with Crippen LogP contribution in [0.3, 0.4) is 0 Å². The van der Waals surface area contributed by atoms with E-state index in [0.29, 0.717) is 0 Å². The quantitative estimate of drug-likeness (QED) is 0.874. The number of carbonyl (C=O) groups excluding carboxylic acids is 1. The summed E-state index contributed by atoms with van der Waals surface area (Å²) >= 11 is 5.64. The summed E-state index contributed by atoms with van der Waals surface area (Å²) in [6, 6.07) is 4.81. The van der Waals surface area contributed by atoms with Gasteiger partial charge in [0, 0.05) is 17.1 Å². The van der Waals surface area contributed by atoms with E-state index in [4.69, 9.17) is 11.6 Å². The van der Waals surface area contributed by atoms with Crippen LogP contribution in [0.5, 0.6) is 0 Å². The van der Waals surface area contributed by atoms with Gasteiger partial charge in [-0.2, -0.15) is 13.2 Å². The lowest BCUT2D eigenvalue weighted by atomic mass is 10.1. The minimum Gasteiger partial charge on any atom is -0.348 e. The SMILES string of the molecule is O=C(NC1CC1)c1cc(Nc2ccc(Cl)cc2C(F)(F)F)ncn1. The fourth-order valence-electron chi connectivity index (χ4n) is 2.03. The molecule has 1 fully saturated rings. The van der Waals surface area contributed by atoms with Crippen LogP contribution < -0.4 is 10.6 Å². The summed E-state index contributed by atoms with van der Waals surface area (Å²) < 4.78 is 39.3. The van der Waals surface area contributed by atoms with Gasteiger partial charge in [0.05, 0.1) is 11.3 Å². The highest BCUT2D eigenvalue weighted by Gasteiger charge is 2.34. The van der Waals surface area contributed by atoms with Gasteiger partial charge in [-0.1, -0.05) is 11.6 Å². The molecule has 1 amide bonds. The number of nitrogens with zero attached hydrogens (tertiary/aromatic N) is 2. The molecule has 0 unspecified atom stereocenters. The Morgan fingerprint density at radius 1 is 1.21 bits per heavy atom. The van der Waals surface area contributed by atoms with Crippen LogP contribution in [0.4, 0.5) is 24.7 Å². The molecule has 1 aromatic carbocycles. The number of hydrogen-bond acceptors (Lipinski definition) is 4. The van der Waals surface area contributed by atoms with Crippen LogP contribution in [0, 0.1) is 0 Å². The molecule has 1 heterocycles. The Kier molecular flexibility index (Phi) is 4.31. The lowest BCUT2D eigenvalue weighted by Crippen LogP contribution is -2.26. The zero-order valence-electron chi connectivity index (χ0n) is 12.2. The van der Waals surface area contributed by atoms with Gasteiger partial charge in [0.15, 0.2) is 0 Å². The molecule has 9 heteroatoms. The Bertz CT molecular complexity index is 778. The normalized spacial score (nSPS) is 14.3. The van der Waals surface area contributed by atoms with Crippen LogP contribution in [-0.4, -0.2) is 21.9 Å². The molecule has 1 aliphatic rings. The van der Waals surface area contributed by atoms with E-state index in [2.05, 4.69) is 20.6 Å². The van der Waals surface area contributed by atoms with Gasteiger partial charge in [0.1, 0.15) is 17.8 Å². The van der Waals surface area contributed by atoms with Gasteiger partial charge in [-0.05, 0) is 31.0 Å². The van der Waals surface area contributed by atoms with E-state index in [9.17, 15) is 18.0 Å². The second-order valence-corrected chi connectivity index (χ2v) is 5.79. The Labute approximate surface area is 140 Å². The average Bonchev–Trinajstić information content (AvgIpc) is 3.32. The minimum atomic E-state index is -4.58. The zero-order valence-corrected chi connectivity index (χ0v) is 12.9. The molecule has 2 N–H and O–H groups in total. The maximum absolute atomic E-state index is 13.1. The smallest absolute Gasteiger partial charge is 0.348 e. The number of aromatic nitrogens is 2. The standard InChI is InChI=1S/C15H12ClF3N4O/c16-8-1-4-11(10(5-8)15(17,18)19)23-13-6-12(20-7-21-13)14(24)22-9-2-3-9/h1,4-7,9H,2-3H2,(H,22,24)(H,20,21,23). The van der Waals surface area contributed by atoms with Crippen LogP contribution in [0.2, 0.25) is 5.02 Å². The lowest BCUT2D eigenvalue weighted by molar-refractivity contribution is -0.136. The molecule has 0 aliphatic heterocycles. The molecule has 3 rings (SSSR count). The highest BCUT2D eigenvalue weighted by Crippen LogP contribution is 2.37. The van der Waals surface area contributed by atoms with Gasteiger partial charge >= 0.3 is 6.18 Å². The monoisotopic (exact) mass is 356 g/mol. The van der Waals surface area contributed by atoms with Crippen molar-refractivity contribution >= 4 is 29.0 Å². The predicted molar refractivity (Wildman–Crippen MR) is 82.3 cm³/mol. The van der Waals surface area contributed by atoms with Crippen molar-refractivity contribution in [1.29, 1.82) is 0 Å². The van der Waals surface area contributed by atoms with E-state index >= 15 is 0 Å². The fraction of sp³-hybridized carbons (Fsp3) is 0.267. The van der Waals surface area contributed by atoms with Gasteiger partial charge in [0.2, 0.25) is 0 Å². The van der Waals surface area contributed by atoms with Crippen molar-refractivity contribution in [2.24, 2.45) is 0 Å². The van der Waals surface area contributed by atoms with Crippen LogP contribution in [0.15, 0.2) is 30.6 Å². The molecule has 0 bridgehead atoms. The maximum atomic E-state index is 13.1. The number of benzene rings is 1. The van der Waals surface area contributed by atoms with Crippen molar-refractivity contribution in [2.45, 2.75) is 25.1 Å². The third kappa shape index (κ3) is 3.94. The van der Waals surface area contributed by atoms with Gasteiger partial charge < -0.3 is 10.6 Å². The van der Waals surface area contributed by atoms with Gasteiger partial charge in [0.25, 0.3) is 5.91 Å². The minimum absolute atomic E-state index is 0.0277. The third-order valence-corrected chi connectivity index (χ3v) is 3.60. The second-order valence-electron chi connectivity index (χ2n) is 5.35. The molecular formula is C15H12ClF3N4O. The summed E-state index contributed by atoms with van der Waals surface area (Å²) in [5.74, 6) is -0.297. The predicted octanol–water partition coefficient (Wildman–Crippen LogP) is 3.78. The maximum Gasteiger partial charge on any atom is 0.418 e. The molecule has 126 valence electrons. The van der Waals surface area contributed by atoms with Crippen molar-refractivity contribution in [2.75, 3.05) is 5.32 Å². The molecule has 1 aliphatic carbocycles. The van der Waals surface area contributed by atoms with Crippen molar-refractivity contribution in [3.8, 4) is 0 Å². The Morgan fingerprint density at radius 3 is 2.62 bits per heavy atom. The summed E-state index contributed by atoms with van der Waals surface area (Å²) in [6.07, 6.45) is -1.62. The van der Waals surface area contributed by atoms with Crippen molar-refractivity contribution in [3.63, 3.8) is 0 Å². The van der Waals surface area contributed by atoms with Gasteiger partial charge in [-0.25, -0.2) is 9.97 Å². The fourth-order valence-corrected chi connectivity index (χ4v) is 2.21. The first-order valence-corrected chi connectivity index (χ1v) is 7.47. The molecule has 0 radical (unpaired) electrons. The molecule has 0 atom stereocenters. The van der Waals surface area contributed by atoms with E-state index in [0.717, 1.165) is 25.2 Å². The first-order chi connectivity index (χ1) is 11.3. The molecule has 0 spiro atoms. The van der Waals surface area contributed by atoms with E-state index in [1.54, 1.807) is 0 Å². The highest BCUT2D eigenvalue weighted by atomic mass is 35.5. The van der Waals surface area contributed by atoms with Crippen molar-refractivity contribution < 1.29 is 18.0 Å². The van der Waals surface area contributed by atoms with Crippen LogP contribution in [0.1, 0.15) is 28.9 Å². The second kappa shape index (κ2) is 6.27. The van der Waals surface area contributed by atoms with E-state index in [-0.39, 0.29) is 34.2 Å². The molecule has 0 saturated heterocycles. The lowest BCUT2D eigenvalue weighted by Gasteiger charge is -2.14. The number of carbonyl (C=O) groups is 1. The number of hydrogen-bond donors (Lipinski definition) is 2. The number of alkyl halides is 3. The molecule has 1 aromatic heterocycles. The largest absolute Gasteiger partial charge is 0.418 e. The first-order valence-electron chi connectivity index (χ1n) is 7.09. The summed E-state index contributed by atoms with van der Waals surface area (Å²) in [4.78, 5) is 19.6. The number of halogens is 4. The summed E-state index contributed by atoms with van der Waals surface area (Å²) in [7, 11) is 0. The number of anilines is 2. The zero-order chi connectivity index (χ0) is 17.3. The molecular weight excluding hydrogens is 345 g/mol. The van der Waals surface area contributed by atoms with Crippen LogP contribution in [-0.2, 0) is 6.18 Å². The number of rotatable bonds is 4. The van der Waals surface area contributed by atoms with Crippen LogP contribution >= 0.6 is 11.6 Å². The Hall–Kier alpha value is -2.35. The van der Waals surface area contributed by atoms with E-state index in [1.165, 1.54) is 18.2 Å². The van der Waals surface area contributed by atoms with E-state index < -0.39 is 11.7 Å². The topological polar surface area (TPSA) is 66.9 Å². The molecule has 2 aromatic rings. The highest BCUT2D eigenvalue weighted by molar-refractivity contribution is 6.30. The molecule has 24 heavy (non-hydrogen) atoms. The third-order valence-electron chi connectivity index (χ3n) is 3.36. The summed E-state index contributed by atoms with van der Waals surface area (Å²) in [5, 5.41) is 5.28. The molecule has 1 saturated carbocycles. The Morgan fingerprint density at radius 2 is 1.96 bits per heavy atom. The Balaban J connectivity index is 1.85. The van der Waals surface area contributed by atoms with Crippen LogP contribution in [0.25, 0.3) is 0 Å². The molecule has 5 nitrogen and oxygen atoms in total. The van der Waals surface area contributed by atoms with E-state index in [1.807, 2.05) is 0 Å². The van der Waals surface area contributed by atoms with Gasteiger partial charge in [-0.3, -0.25) is 4.79 Å². The van der Waals surface area contributed by atoms with Gasteiger partial charge in [-0.15, -0.1) is 0 Å². The first kappa shape index (κ1) is 16.5. The van der Waals surface area contributed by atoms with Crippen molar-refractivity contribution in [1.82, 2.24) is 15.3 Å². The summed E-state index contributed by atoms with van der Waals surface area (Å²) in [6.45, 7) is 0. The average molecular weight is 357 g/mol.